The van der Waals surface area contributed by atoms with Gasteiger partial charge in [0.2, 0.25) is 0 Å². The molecule has 0 atom stereocenters. The zero-order valence-electron chi connectivity index (χ0n) is 19.6. The number of benzene rings is 2. The first-order chi connectivity index (χ1) is 17.4. The summed E-state index contributed by atoms with van der Waals surface area (Å²) in [6.07, 6.45) is 1.50. The number of anilines is 1. The van der Waals surface area contributed by atoms with Gasteiger partial charge in [-0.3, -0.25) is 24.6 Å². The summed E-state index contributed by atoms with van der Waals surface area (Å²) in [5, 5.41) is 13.8. The van der Waals surface area contributed by atoms with Gasteiger partial charge in [0, 0.05) is 56.6 Å². The van der Waals surface area contributed by atoms with Crippen molar-refractivity contribution >= 4 is 34.2 Å². The Hall–Kier alpha value is -4.51. The normalized spacial score (nSPS) is 14.2. The van der Waals surface area contributed by atoms with E-state index in [1.807, 2.05) is 17.7 Å². The molecule has 11 heteroatoms. The fourth-order valence-electron chi connectivity index (χ4n) is 4.30. The number of aromatic nitrogens is 2. The number of aryl methyl sites for hydroxylation is 1. The zero-order chi connectivity index (χ0) is 25.2. The molecule has 1 N–H and O–H groups in total. The predicted molar refractivity (Wildman–Crippen MR) is 132 cm³/mol. The molecular weight excluding hydrogens is 464 g/mol. The maximum Gasteiger partial charge on any atom is 0.289 e. The van der Waals surface area contributed by atoms with Crippen LogP contribution in [0.4, 0.5) is 11.4 Å². The second kappa shape index (κ2) is 9.62. The van der Waals surface area contributed by atoms with Crippen molar-refractivity contribution in [3.63, 3.8) is 0 Å². The second-order valence-corrected chi connectivity index (χ2v) is 8.60. The number of furan rings is 1. The van der Waals surface area contributed by atoms with Gasteiger partial charge in [-0.05, 0) is 36.4 Å². The molecule has 11 nitrogen and oxygen atoms in total. The van der Waals surface area contributed by atoms with Crippen molar-refractivity contribution in [1.82, 2.24) is 19.4 Å². The lowest BCUT2D eigenvalue weighted by Crippen LogP contribution is -2.48. The molecule has 36 heavy (non-hydrogen) atoms. The Labute approximate surface area is 206 Å². The van der Waals surface area contributed by atoms with Crippen molar-refractivity contribution in [2.24, 2.45) is 7.05 Å². The molecule has 0 radical (unpaired) electrons. The molecule has 0 aliphatic carbocycles. The van der Waals surface area contributed by atoms with E-state index in [0.29, 0.717) is 31.1 Å². The van der Waals surface area contributed by atoms with Gasteiger partial charge in [-0.2, -0.15) is 0 Å². The Morgan fingerprint density at radius 1 is 1.08 bits per heavy atom. The lowest BCUT2D eigenvalue weighted by atomic mass is 10.2. The van der Waals surface area contributed by atoms with E-state index in [1.54, 1.807) is 29.2 Å². The number of nitro benzene ring substituents is 1. The first kappa shape index (κ1) is 23.2. The average Bonchev–Trinajstić information content (AvgIpc) is 3.53. The molecule has 0 spiro atoms. The summed E-state index contributed by atoms with van der Waals surface area (Å²) in [5.41, 5.74) is 2.27. The molecule has 0 unspecified atom stereocenters. The Morgan fingerprint density at radius 2 is 1.89 bits per heavy atom. The molecule has 0 bridgehead atoms. The van der Waals surface area contributed by atoms with Crippen LogP contribution < -0.4 is 5.32 Å². The molecule has 1 aliphatic rings. The van der Waals surface area contributed by atoms with Gasteiger partial charge in [-0.1, -0.05) is 6.07 Å². The van der Waals surface area contributed by atoms with Gasteiger partial charge in [0.1, 0.15) is 5.82 Å². The van der Waals surface area contributed by atoms with Crippen LogP contribution in [0.3, 0.4) is 0 Å². The van der Waals surface area contributed by atoms with Gasteiger partial charge in [0.25, 0.3) is 17.5 Å². The van der Waals surface area contributed by atoms with Gasteiger partial charge in [-0.15, -0.1) is 0 Å². The van der Waals surface area contributed by atoms with E-state index in [1.165, 1.54) is 30.5 Å². The van der Waals surface area contributed by atoms with Crippen LogP contribution in [0.1, 0.15) is 26.7 Å². The van der Waals surface area contributed by atoms with Gasteiger partial charge < -0.3 is 19.2 Å². The summed E-state index contributed by atoms with van der Waals surface area (Å²) in [6, 6.07) is 14.4. The van der Waals surface area contributed by atoms with Crippen molar-refractivity contribution in [1.29, 1.82) is 0 Å². The number of piperazine rings is 1. The third-order valence-corrected chi connectivity index (χ3v) is 6.31. The fourth-order valence-corrected chi connectivity index (χ4v) is 4.30. The number of non-ortho nitro benzene ring substituents is 1. The molecule has 0 saturated carbocycles. The van der Waals surface area contributed by atoms with E-state index in [-0.39, 0.29) is 17.2 Å². The van der Waals surface area contributed by atoms with Gasteiger partial charge in [-0.25, -0.2) is 4.98 Å². The largest absolute Gasteiger partial charge is 0.459 e. The minimum absolute atomic E-state index is 0.0953. The van der Waals surface area contributed by atoms with E-state index < -0.39 is 10.8 Å². The molecule has 1 fully saturated rings. The van der Waals surface area contributed by atoms with Crippen molar-refractivity contribution in [2.75, 3.05) is 31.5 Å². The number of amides is 2. The molecule has 4 aromatic rings. The second-order valence-electron chi connectivity index (χ2n) is 8.60. The van der Waals surface area contributed by atoms with Crippen LogP contribution in [0, 0.1) is 10.1 Å². The molecule has 1 saturated heterocycles. The van der Waals surface area contributed by atoms with E-state index in [0.717, 1.165) is 29.9 Å². The monoisotopic (exact) mass is 488 g/mol. The van der Waals surface area contributed by atoms with Crippen LogP contribution >= 0.6 is 0 Å². The molecule has 5 rings (SSSR count). The van der Waals surface area contributed by atoms with Crippen LogP contribution in [0.2, 0.25) is 0 Å². The van der Waals surface area contributed by atoms with Crippen molar-refractivity contribution < 1.29 is 18.9 Å². The number of nitrogens with one attached hydrogen (secondary N) is 1. The molecule has 3 heterocycles. The van der Waals surface area contributed by atoms with Crippen molar-refractivity contribution in [3.8, 4) is 0 Å². The summed E-state index contributed by atoms with van der Waals surface area (Å²) in [6.45, 7) is 3.29. The van der Waals surface area contributed by atoms with Crippen LogP contribution in [0.15, 0.2) is 65.3 Å². The van der Waals surface area contributed by atoms with Crippen molar-refractivity contribution in [2.45, 2.75) is 6.54 Å². The van der Waals surface area contributed by atoms with E-state index >= 15 is 0 Å². The highest BCUT2D eigenvalue weighted by molar-refractivity contribution is 6.05. The Morgan fingerprint density at radius 3 is 2.61 bits per heavy atom. The third-order valence-electron chi connectivity index (χ3n) is 6.31. The first-order valence-electron chi connectivity index (χ1n) is 11.5. The predicted octanol–water partition coefficient (Wildman–Crippen LogP) is 3.28. The lowest BCUT2D eigenvalue weighted by Gasteiger charge is -2.34. The number of imidazole rings is 1. The summed E-state index contributed by atoms with van der Waals surface area (Å²) >= 11 is 0. The highest BCUT2D eigenvalue weighted by atomic mass is 16.6. The van der Waals surface area contributed by atoms with Crippen molar-refractivity contribution in [3.05, 3.63) is 88.1 Å². The Bertz CT molecular complexity index is 1440. The summed E-state index contributed by atoms with van der Waals surface area (Å²) in [4.78, 5) is 44.4. The molecule has 2 aromatic heterocycles. The van der Waals surface area contributed by atoms with Crippen LogP contribution in [-0.2, 0) is 13.6 Å². The van der Waals surface area contributed by atoms with Crippen LogP contribution in [-0.4, -0.2) is 62.3 Å². The number of rotatable bonds is 6. The molecule has 2 amide bonds. The van der Waals surface area contributed by atoms with E-state index in [9.17, 15) is 19.7 Å². The number of nitrogens with zero attached hydrogens (tertiary/aromatic N) is 5. The van der Waals surface area contributed by atoms with E-state index in [4.69, 9.17) is 9.40 Å². The number of carbonyl (C=O) groups is 2. The van der Waals surface area contributed by atoms with Gasteiger partial charge in [0.05, 0.1) is 28.8 Å². The average molecular weight is 489 g/mol. The molecule has 1 aliphatic heterocycles. The first-order valence-corrected chi connectivity index (χ1v) is 11.5. The third kappa shape index (κ3) is 4.68. The number of nitro groups is 1. The minimum Gasteiger partial charge on any atom is -0.459 e. The fraction of sp³-hybridized carbons (Fsp3) is 0.240. The van der Waals surface area contributed by atoms with Crippen LogP contribution in [0.5, 0.6) is 0 Å². The number of hydrogen-bond acceptors (Lipinski definition) is 7. The Kier molecular flexibility index (Phi) is 6.21. The standard InChI is InChI=1S/C25H24N6O5/c1-28-21-8-7-18(26-24(32)17-4-2-5-19(14-17)31(34)35)15-20(21)27-23(28)16-29-9-11-30(12-10-29)25(33)22-6-3-13-36-22/h2-8,13-15H,9-12,16H2,1H3,(H,26,32). The lowest BCUT2D eigenvalue weighted by molar-refractivity contribution is -0.384. The molecule has 2 aromatic carbocycles. The number of carbonyl (C=O) groups excluding carboxylic acids is 2. The van der Waals surface area contributed by atoms with Gasteiger partial charge in [0.15, 0.2) is 5.76 Å². The smallest absolute Gasteiger partial charge is 0.289 e. The topological polar surface area (TPSA) is 127 Å². The number of fused-ring (bicyclic) bond motifs is 1. The minimum atomic E-state index is -0.533. The molecular formula is C25H24N6O5. The summed E-state index contributed by atoms with van der Waals surface area (Å²) in [5.74, 6) is 0.698. The van der Waals surface area contributed by atoms with Crippen LogP contribution in [0.25, 0.3) is 11.0 Å². The summed E-state index contributed by atoms with van der Waals surface area (Å²) < 4.78 is 7.24. The maximum absolute atomic E-state index is 12.6. The SMILES string of the molecule is Cn1c(CN2CCN(C(=O)c3ccco3)CC2)nc2cc(NC(=O)c3cccc([N+](=O)[O-])c3)ccc21. The Balaban J connectivity index is 1.24. The number of hydrogen-bond donors (Lipinski definition) is 1. The van der Waals surface area contributed by atoms with Gasteiger partial charge >= 0.3 is 0 Å². The summed E-state index contributed by atoms with van der Waals surface area (Å²) in [7, 11) is 1.95. The zero-order valence-corrected chi connectivity index (χ0v) is 19.6. The quantitative estimate of drug-likeness (QED) is 0.326. The highest BCUT2D eigenvalue weighted by Gasteiger charge is 2.24. The maximum atomic E-state index is 12.6. The highest BCUT2D eigenvalue weighted by Crippen LogP contribution is 2.22. The van der Waals surface area contributed by atoms with E-state index in [2.05, 4.69) is 10.2 Å². The molecule has 184 valence electrons.